The van der Waals surface area contributed by atoms with Gasteiger partial charge in [0.1, 0.15) is 0 Å². The normalized spacial score (nSPS) is 34.5. The van der Waals surface area contributed by atoms with Crippen molar-refractivity contribution in [2.75, 3.05) is 13.1 Å². The molecule has 4 nitrogen and oxygen atoms in total. The summed E-state index contributed by atoms with van der Waals surface area (Å²) in [5, 5.41) is 9.78. The highest BCUT2D eigenvalue weighted by Crippen LogP contribution is 2.28. The molecule has 4 heteroatoms. The van der Waals surface area contributed by atoms with E-state index in [1.54, 1.807) is 0 Å². The van der Waals surface area contributed by atoms with Gasteiger partial charge in [-0.15, -0.1) is 0 Å². The van der Waals surface area contributed by atoms with Crippen LogP contribution in [0.5, 0.6) is 0 Å². The minimum atomic E-state index is -0.165. The molecular weight excluding hydrogens is 192 g/mol. The van der Waals surface area contributed by atoms with Gasteiger partial charge in [-0.05, 0) is 45.2 Å². The molecule has 1 saturated heterocycles. The van der Waals surface area contributed by atoms with Gasteiger partial charge in [-0.3, -0.25) is 9.69 Å². The summed E-state index contributed by atoms with van der Waals surface area (Å²) in [6.45, 7) is 1.82. The number of hydrogen-bond donors (Lipinski definition) is 2. The standard InChI is InChI=1S/C11H20N2O2/c12-11(15)8-4-6-13(7-5-8)9-2-1-3-10(9)14/h8-10,14H,1-7H2,(H2,12,15)/t9-,10-/m1/s1. The Morgan fingerprint density at radius 3 is 2.33 bits per heavy atom. The number of primary amides is 1. The molecule has 1 amide bonds. The molecule has 86 valence electrons. The summed E-state index contributed by atoms with van der Waals surface area (Å²) in [6.07, 6.45) is 4.72. The van der Waals surface area contributed by atoms with Gasteiger partial charge in [0.25, 0.3) is 0 Å². The molecule has 15 heavy (non-hydrogen) atoms. The van der Waals surface area contributed by atoms with Crippen LogP contribution in [0.1, 0.15) is 32.1 Å². The number of carbonyl (C=O) groups excluding carboxylic acids is 1. The first-order valence-electron chi connectivity index (χ1n) is 5.90. The second-order valence-corrected chi connectivity index (χ2v) is 4.78. The third-order valence-electron chi connectivity index (χ3n) is 3.84. The van der Waals surface area contributed by atoms with Crippen LogP contribution in [0.15, 0.2) is 0 Å². The van der Waals surface area contributed by atoms with Crippen LogP contribution in [0.2, 0.25) is 0 Å². The van der Waals surface area contributed by atoms with Gasteiger partial charge in [0.15, 0.2) is 0 Å². The maximum absolute atomic E-state index is 11.0. The summed E-state index contributed by atoms with van der Waals surface area (Å²) < 4.78 is 0. The van der Waals surface area contributed by atoms with Crippen LogP contribution in [-0.4, -0.2) is 41.1 Å². The number of piperidine rings is 1. The maximum Gasteiger partial charge on any atom is 0.220 e. The zero-order valence-electron chi connectivity index (χ0n) is 9.06. The van der Waals surface area contributed by atoms with E-state index >= 15 is 0 Å². The highest BCUT2D eigenvalue weighted by atomic mass is 16.3. The minimum absolute atomic E-state index is 0.0554. The predicted octanol–water partition coefficient (Wildman–Crippen LogP) is 0.0971. The molecule has 1 aliphatic heterocycles. The van der Waals surface area contributed by atoms with E-state index in [-0.39, 0.29) is 17.9 Å². The Hall–Kier alpha value is -0.610. The van der Waals surface area contributed by atoms with E-state index in [0.717, 1.165) is 45.2 Å². The highest BCUT2D eigenvalue weighted by molar-refractivity contribution is 5.76. The smallest absolute Gasteiger partial charge is 0.220 e. The molecule has 1 saturated carbocycles. The van der Waals surface area contributed by atoms with Crippen LogP contribution in [0.25, 0.3) is 0 Å². The lowest BCUT2D eigenvalue weighted by atomic mass is 9.95. The van der Waals surface area contributed by atoms with Gasteiger partial charge in [-0.1, -0.05) is 0 Å². The fourth-order valence-corrected chi connectivity index (χ4v) is 2.86. The fraction of sp³-hybridized carbons (Fsp3) is 0.909. The molecule has 0 aromatic heterocycles. The first kappa shape index (κ1) is 10.9. The summed E-state index contributed by atoms with van der Waals surface area (Å²) in [5.41, 5.74) is 5.29. The van der Waals surface area contributed by atoms with Crippen molar-refractivity contribution >= 4 is 5.91 Å². The largest absolute Gasteiger partial charge is 0.391 e. The SMILES string of the molecule is NC(=O)C1CCN([C@@H]2CCC[C@H]2O)CC1. The van der Waals surface area contributed by atoms with Crippen LogP contribution >= 0.6 is 0 Å². The summed E-state index contributed by atoms with van der Waals surface area (Å²) in [4.78, 5) is 13.3. The van der Waals surface area contributed by atoms with E-state index in [0.29, 0.717) is 6.04 Å². The van der Waals surface area contributed by atoms with Gasteiger partial charge in [0.05, 0.1) is 6.10 Å². The van der Waals surface area contributed by atoms with Crippen molar-refractivity contribution < 1.29 is 9.90 Å². The molecule has 2 atom stereocenters. The second kappa shape index (κ2) is 4.49. The molecular formula is C11H20N2O2. The monoisotopic (exact) mass is 212 g/mol. The quantitative estimate of drug-likeness (QED) is 0.682. The van der Waals surface area contributed by atoms with Crippen LogP contribution in [0.4, 0.5) is 0 Å². The molecule has 2 rings (SSSR count). The third-order valence-corrected chi connectivity index (χ3v) is 3.84. The summed E-state index contributed by atoms with van der Waals surface area (Å²) in [5.74, 6) is -0.110. The first-order chi connectivity index (χ1) is 7.18. The van der Waals surface area contributed by atoms with Gasteiger partial charge < -0.3 is 10.8 Å². The van der Waals surface area contributed by atoms with Crippen molar-refractivity contribution in [1.29, 1.82) is 0 Å². The summed E-state index contributed by atoms with van der Waals surface area (Å²) >= 11 is 0. The summed E-state index contributed by atoms with van der Waals surface area (Å²) in [7, 11) is 0. The van der Waals surface area contributed by atoms with Gasteiger partial charge >= 0.3 is 0 Å². The van der Waals surface area contributed by atoms with Crippen LogP contribution in [-0.2, 0) is 4.79 Å². The van der Waals surface area contributed by atoms with Crippen molar-refractivity contribution in [3.05, 3.63) is 0 Å². The predicted molar refractivity (Wildman–Crippen MR) is 57.1 cm³/mol. The zero-order valence-corrected chi connectivity index (χ0v) is 9.06. The van der Waals surface area contributed by atoms with Crippen molar-refractivity contribution in [3.8, 4) is 0 Å². The number of amides is 1. The van der Waals surface area contributed by atoms with Crippen molar-refractivity contribution in [1.82, 2.24) is 4.90 Å². The van der Waals surface area contributed by atoms with E-state index in [4.69, 9.17) is 5.73 Å². The van der Waals surface area contributed by atoms with Crippen LogP contribution in [0.3, 0.4) is 0 Å². The number of likely N-dealkylation sites (tertiary alicyclic amines) is 1. The highest BCUT2D eigenvalue weighted by Gasteiger charge is 2.33. The topological polar surface area (TPSA) is 66.6 Å². The Morgan fingerprint density at radius 2 is 1.87 bits per heavy atom. The van der Waals surface area contributed by atoms with E-state index in [1.165, 1.54) is 0 Å². The number of aliphatic hydroxyl groups is 1. The lowest BCUT2D eigenvalue weighted by Gasteiger charge is -2.36. The van der Waals surface area contributed by atoms with Crippen molar-refractivity contribution in [3.63, 3.8) is 0 Å². The van der Waals surface area contributed by atoms with E-state index in [9.17, 15) is 9.90 Å². The molecule has 0 spiro atoms. The summed E-state index contributed by atoms with van der Waals surface area (Å²) in [6, 6.07) is 0.332. The van der Waals surface area contributed by atoms with Gasteiger partial charge in [-0.2, -0.15) is 0 Å². The first-order valence-corrected chi connectivity index (χ1v) is 5.90. The molecule has 0 unspecified atom stereocenters. The average Bonchev–Trinajstić information content (AvgIpc) is 2.65. The second-order valence-electron chi connectivity index (χ2n) is 4.78. The van der Waals surface area contributed by atoms with E-state index in [1.807, 2.05) is 0 Å². The molecule has 2 aliphatic rings. The molecule has 0 aromatic carbocycles. The molecule has 2 fully saturated rings. The Labute approximate surface area is 90.4 Å². The Bertz CT molecular complexity index is 237. The van der Waals surface area contributed by atoms with Crippen LogP contribution < -0.4 is 5.73 Å². The molecule has 3 N–H and O–H groups in total. The van der Waals surface area contributed by atoms with Gasteiger partial charge in [0, 0.05) is 12.0 Å². The van der Waals surface area contributed by atoms with Crippen molar-refractivity contribution in [2.24, 2.45) is 11.7 Å². The molecule has 1 aliphatic carbocycles. The minimum Gasteiger partial charge on any atom is -0.391 e. The molecule has 0 radical (unpaired) electrons. The number of aliphatic hydroxyl groups excluding tert-OH is 1. The number of rotatable bonds is 2. The van der Waals surface area contributed by atoms with Crippen molar-refractivity contribution in [2.45, 2.75) is 44.2 Å². The molecule has 1 heterocycles. The number of nitrogens with two attached hydrogens (primary N) is 1. The molecule has 0 aromatic rings. The third kappa shape index (κ3) is 2.32. The van der Waals surface area contributed by atoms with Gasteiger partial charge in [-0.25, -0.2) is 0 Å². The van der Waals surface area contributed by atoms with Crippen LogP contribution in [0, 0.1) is 5.92 Å². The Morgan fingerprint density at radius 1 is 1.20 bits per heavy atom. The number of carbonyl (C=O) groups is 1. The lowest BCUT2D eigenvalue weighted by molar-refractivity contribution is -0.123. The van der Waals surface area contributed by atoms with E-state index < -0.39 is 0 Å². The average molecular weight is 212 g/mol. The van der Waals surface area contributed by atoms with E-state index in [2.05, 4.69) is 4.90 Å². The maximum atomic E-state index is 11.0. The Balaban J connectivity index is 1.85. The zero-order chi connectivity index (χ0) is 10.8. The van der Waals surface area contributed by atoms with Gasteiger partial charge in [0.2, 0.25) is 5.91 Å². The fourth-order valence-electron chi connectivity index (χ4n) is 2.86. The Kier molecular flexibility index (Phi) is 3.26. The number of hydrogen-bond acceptors (Lipinski definition) is 3. The molecule has 0 bridgehead atoms. The number of nitrogens with zero attached hydrogens (tertiary/aromatic N) is 1. The lowest BCUT2D eigenvalue weighted by Crippen LogP contribution is -2.46.